The number of carbonyl (C=O) groups is 2. The van der Waals surface area contributed by atoms with Gasteiger partial charge in [0, 0.05) is 25.9 Å². The van der Waals surface area contributed by atoms with Gasteiger partial charge in [0.1, 0.15) is 11.2 Å². The lowest BCUT2D eigenvalue weighted by Gasteiger charge is -2.45. The smallest absolute Gasteiger partial charge is 0.410 e. The van der Waals surface area contributed by atoms with E-state index < -0.39 is 11.0 Å². The molecule has 2 aliphatic rings. The second-order valence-corrected chi connectivity index (χ2v) is 14.8. The molecule has 0 bridgehead atoms. The molecular weight excluding hydrogens is 474 g/mol. The van der Waals surface area contributed by atoms with Crippen LogP contribution in [0.4, 0.5) is 4.79 Å². The minimum absolute atomic E-state index is 0.0279. The summed E-state index contributed by atoms with van der Waals surface area (Å²) in [6.07, 6.45) is 12.3. The number of likely N-dealkylation sites (tertiary alicyclic amines) is 1. The van der Waals surface area contributed by atoms with Gasteiger partial charge in [0.25, 0.3) is 0 Å². The Hall–Kier alpha value is -1.26. The number of carbonyl (C=O) groups excluding carboxylic acids is 2. The zero-order valence-electron chi connectivity index (χ0n) is 26.8. The minimum Gasteiger partial charge on any atom is -0.458 e. The lowest BCUT2D eigenvalue weighted by molar-refractivity contribution is -0.181. The highest BCUT2D eigenvalue weighted by Gasteiger charge is 2.68. The first-order valence-electron chi connectivity index (χ1n) is 15.8. The van der Waals surface area contributed by atoms with Crippen molar-refractivity contribution in [3.05, 3.63) is 0 Å². The molecule has 2 rings (SSSR count). The summed E-state index contributed by atoms with van der Waals surface area (Å²) in [7, 11) is 0. The number of piperidine rings is 1. The molecule has 222 valence electrons. The van der Waals surface area contributed by atoms with E-state index in [-0.39, 0.29) is 34.4 Å². The first-order chi connectivity index (χ1) is 17.6. The second-order valence-electron chi connectivity index (χ2n) is 14.8. The van der Waals surface area contributed by atoms with E-state index in [1.807, 2.05) is 4.90 Å². The normalized spacial score (nSPS) is 22.9. The maximum atomic E-state index is 13.8. The number of nitrogens with zero attached hydrogens (tertiary/aromatic N) is 1. The average molecular weight is 536 g/mol. The van der Waals surface area contributed by atoms with Crippen LogP contribution in [0.1, 0.15) is 153 Å². The van der Waals surface area contributed by atoms with Crippen molar-refractivity contribution in [1.82, 2.24) is 4.90 Å². The molecule has 0 radical (unpaired) electrons. The third-order valence-electron chi connectivity index (χ3n) is 9.61. The van der Waals surface area contributed by atoms with E-state index in [0.717, 1.165) is 70.6 Å². The summed E-state index contributed by atoms with van der Waals surface area (Å²) in [6, 6.07) is 0. The highest BCUT2D eigenvalue weighted by Crippen LogP contribution is 2.68. The van der Waals surface area contributed by atoms with Gasteiger partial charge >= 0.3 is 12.1 Å². The Balaban J connectivity index is 2.13. The minimum atomic E-state index is -0.527. The number of hydrogen-bond donors (Lipinski definition) is 0. The van der Waals surface area contributed by atoms with Crippen LogP contribution in [-0.2, 0) is 14.3 Å². The molecule has 1 aliphatic carbocycles. The van der Waals surface area contributed by atoms with Crippen LogP contribution in [0.5, 0.6) is 0 Å². The highest BCUT2D eigenvalue weighted by molar-refractivity contribution is 5.82. The Kier molecular flexibility index (Phi) is 11.2. The fourth-order valence-electron chi connectivity index (χ4n) is 6.76. The summed E-state index contributed by atoms with van der Waals surface area (Å²) in [4.78, 5) is 29.2. The van der Waals surface area contributed by atoms with Gasteiger partial charge < -0.3 is 14.4 Å². The lowest BCUT2D eigenvalue weighted by atomic mass is 9.77. The molecule has 0 N–H and O–H groups in total. The quantitative estimate of drug-likeness (QED) is 0.208. The van der Waals surface area contributed by atoms with Gasteiger partial charge in [0.05, 0.1) is 5.41 Å². The zero-order chi connectivity index (χ0) is 28.8. The Morgan fingerprint density at radius 3 is 1.66 bits per heavy atom. The molecule has 1 unspecified atom stereocenters. The van der Waals surface area contributed by atoms with E-state index in [1.54, 1.807) is 0 Å². The fourth-order valence-corrected chi connectivity index (χ4v) is 6.76. The summed E-state index contributed by atoms with van der Waals surface area (Å²) in [6.45, 7) is 23.1. The van der Waals surface area contributed by atoms with Crippen molar-refractivity contribution in [2.45, 2.75) is 164 Å². The van der Waals surface area contributed by atoms with Gasteiger partial charge in [-0.15, -0.1) is 0 Å². The number of esters is 1. The Morgan fingerprint density at radius 1 is 0.868 bits per heavy atom. The maximum Gasteiger partial charge on any atom is 0.410 e. The number of rotatable bonds is 14. The Labute approximate surface area is 235 Å². The molecule has 0 spiro atoms. The molecule has 38 heavy (non-hydrogen) atoms. The number of amides is 1. The summed E-state index contributed by atoms with van der Waals surface area (Å²) in [5.74, 6) is 0.163. The topological polar surface area (TPSA) is 55.8 Å². The number of ether oxygens (including phenoxy) is 2. The van der Waals surface area contributed by atoms with Crippen molar-refractivity contribution in [3.8, 4) is 0 Å². The second kappa shape index (κ2) is 12.9. The zero-order valence-corrected chi connectivity index (χ0v) is 26.8. The number of hydrogen-bond acceptors (Lipinski definition) is 4. The van der Waals surface area contributed by atoms with Gasteiger partial charge in [-0.25, -0.2) is 4.79 Å². The molecule has 5 nitrogen and oxygen atoms in total. The van der Waals surface area contributed by atoms with E-state index in [9.17, 15) is 9.59 Å². The first-order valence-corrected chi connectivity index (χ1v) is 15.8. The van der Waals surface area contributed by atoms with Crippen LogP contribution in [0.2, 0.25) is 0 Å². The maximum absolute atomic E-state index is 13.8. The summed E-state index contributed by atoms with van der Waals surface area (Å²) in [5.41, 5.74) is -1.25. The van der Waals surface area contributed by atoms with Gasteiger partial charge in [-0.1, -0.05) is 88.5 Å². The molecule has 1 saturated carbocycles. The average Bonchev–Trinajstić information content (AvgIpc) is 3.39. The molecule has 1 atom stereocenters. The van der Waals surface area contributed by atoms with Gasteiger partial charge in [-0.05, 0) is 68.1 Å². The Morgan fingerprint density at radius 2 is 1.32 bits per heavy atom. The van der Waals surface area contributed by atoms with Crippen LogP contribution in [-0.4, -0.2) is 41.3 Å². The molecule has 2 fully saturated rings. The lowest BCUT2D eigenvalue weighted by Crippen LogP contribution is -2.53. The van der Waals surface area contributed by atoms with Crippen molar-refractivity contribution in [2.24, 2.45) is 22.2 Å². The molecule has 1 amide bonds. The number of unbranched alkanes of at least 4 members (excludes halogenated alkanes) is 3. The van der Waals surface area contributed by atoms with E-state index in [2.05, 4.69) is 69.2 Å². The van der Waals surface area contributed by atoms with Crippen molar-refractivity contribution in [2.75, 3.05) is 13.1 Å². The van der Waals surface area contributed by atoms with Crippen molar-refractivity contribution in [3.63, 3.8) is 0 Å². The van der Waals surface area contributed by atoms with Crippen molar-refractivity contribution >= 4 is 12.1 Å². The van der Waals surface area contributed by atoms with Gasteiger partial charge in [0.15, 0.2) is 0 Å². The van der Waals surface area contributed by atoms with E-state index in [4.69, 9.17) is 9.47 Å². The van der Waals surface area contributed by atoms with Crippen LogP contribution in [0.3, 0.4) is 0 Å². The predicted molar refractivity (Wildman–Crippen MR) is 157 cm³/mol. The van der Waals surface area contributed by atoms with E-state index in [1.165, 1.54) is 0 Å². The molecule has 1 heterocycles. The van der Waals surface area contributed by atoms with Crippen LogP contribution in [0, 0.1) is 22.2 Å². The van der Waals surface area contributed by atoms with Crippen LogP contribution < -0.4 is 0 Å². The SMILES string of the molecule is CCCCC(CCCC)(CCCC)OC(=O)N1CCC(OC(=O)C2(CC(C)(C)C)CC2(C)C)(C(C)C)CC1. The molecule has 0 aromatic carbocycles. The van der Waals surface area contributed by atoms with Crippen LogP contribution in [0.25, 0.3) is 0 Å². The summed E-state index contributed by atoms with van der Waals surface area (Å²) >= 11 is 0. The third-order valence-corrected chi connectivity index (χ3v) is 9.61. The van der Waals surface area contributed by atoms with Crippen molar-refractivity contribution in [1.29, 1.82) is 0 Å². The first kappa shape index (κ1) is 32.9. The van der Waals surface area contributed by atoms with E-state index in [0.29, 0.717) is 25.9 Å². The Bertz CT molecular complexity index is 751. The highest BCUT2D eigenvalue weighted by atomic mass is 16.6. The summed E-state index contributed by atoms with van der Waals surface area (Å²) < 4.78 is 12.9. The standard InChI is InChI=1S/C33H61NO4/c1-11-14-17-31(18-15-12-2,19-16-13-3)38-28(36)34-22-20-33(21-23-34,26(4)5)37-27(35)32(24-29(6,7)8)25-30(32,9)10/h26H,11-25H2,1-10H3. The predicted octanol–water partition coefficient (Wildman–Crippen LogP) is 9.32. The van der Waals surface area contributed by atoms with E-state index >= 15 is 0 Å². The van der Waals surface area contributed by atoms with Gasteiger partial charge in [-0.2, -0.15) is 0 Å². The molecule has 0 aromatic rings. The van der Waals surface area contributed by atoms with Gasteiger partial charge in [0.2, 0.25) is 0 Å². The third kappa shape index (κ3) is 7.90. The van der Waals surface area contributed by atoms with Crippen molar-refractivity contribution < 1.29 is 19.1 Å². The molecule has 5 heteroatoms. The molecule has 0 aromatic heterocycles. The fraction of sp³-hybridized carbons (Fsp3) is 0.939. The van der Waals surface area contributed by atoms with Crippen LogP contribution in [0.15, 0.2) is 0 Å². The molecular formula is C33H61NO4. The summed E-state index contributed by atoms with van der Waals surface area (Å²) in [5, 5.41) is 0. The van der Waals surface area contributed by atoms with Crippen LogP contribution >= 0.6 is 0 Å². The molecule has 1 aliphatic heterocycles. The molecule has 1 saturated heterocycles. The monoisotopic (exact) mass is 535 g/mol. The van der Waals surface area contributed by atoms with Gasteiger partial charge in [-0.3, -0.25) is 4.79 Å². The largest absolute Gasteiger partial charge is 0.458 e.